The summed E-state index contributed by atoms with van der Waals surface area (Å²) in [5, 5.41) is 0. The van der Waals surface area contributed by atoms with Crippen molar-refractivity contribution in [1.29, 1.82) is 0 Å². The number of unbranched alkanes of at least 4 members (excludes halogenated alkanes) is 1. The van der Waals surface area contributed by atoms with Crippen molar-refractivity contribution in [2.75, 3.05) is 0 Å². The van der Waals surface area contributed by atoms with Crippen LogP contribution < -0.4 is 0 Å². The maximum absolute atomic E-state index is 9.40. The molecule has 2 heteroatoms. The fourth-order valence-corrected chi connectivity index (χ4v) is 0.118. The topological polar surface area (TPSA) is 17.1 Å². The van der Waals surface area contributed by atoms with Crippen LogP contribution in [0.25, 0.3) is 0 Å². The minimum atomic E-state index is 0. The molecule has 0 aromatic carbocycles. The average Bonchev–Trinajstić information content (AvgIpc) is 1.41. The number of hydrogen-bond donors (Lipinski definition) is 0. The molecule has 0 amide bonds. The van der Waals surface area contributed by atoms with Crippen LogP contribution >= 0.6 is 0 Å². The van der Waals surface area contributed by atoms with E-state index in [0.717, 1.165) is 12.7 Å². The minimum absolute atomic E-state index is 0. The van der Waals surface area contributed by atoms with Gasteiger partial charge in [-0.25, -0.2) is 0 Å². The average molecular weight is 149 g/mol. The van der Waals surface area contributed by atoms with Crippen molar-refractivity contribution in [2.24, 2.45) is 0 Å². The predicted octanol–water partition coefficient (Wildman–Crippen LogP) is -0.466. The molecule has 38 valence electrons. The molecule has 0 saturated heterocycles. The van der Waals surface area contributed by atoms with E-state index in [9.17, 15) is 4.79 Å². The summed E-state index contributed by atoms with van der Waals surface area (Å²) in [6.45, 7) is 1.98. The summed E-state index contributed by atoms with van der Waals surface area (Å²) in [6.07, 6.45) is 2.61. The Morgan fingerprint density at radius 2 is 2.17 bits per heavy atom. The fraction of sp³-hybridized carbons (Fsp3) is 0.750. The summed E-state index contributed by atoms with van der Waals surface area (Å²) in [5.74, 6) is 0. The van der Waals surface area contributed by atoms with Crippen LogP contribution in [0, 0.1) is 0 Å². The van der Waals surface area contributed by atoms with Crippen molar-refractivity contribution >= 4 is 23.9 Å². The Hall–Kier alpha value is 0.213. The first-order valence-corrected chi connectivity index (χ1v) is 1.85. The summed E-state index contributed by atoms with van der Waals surface area (Å²) >= 11 is 0. The van der Waals surface area contributed by atoms with Crippen LogP contribution in [0.1, 0.15) is 19.8 Å². The van der Waals surface area contributed by atoms with E-state index >= 15 is 0 Å². The van der Waals surface area contributed by atoms with E-state index in [1.165, 1.54) is 0 Å². The second-order valence-electron chi connectivity index (χ2n) is 0.955. The van der Waals surface area contributed by atoms with Gasteiger partial charge in [0, 0.05) is 6.42 Å². The van der Waals surface area contributed by atoms with E-state index in [4.69, 9.17) is 0 Å². The molecule has 0 aliphatic heterocycles. The molecule has 0 N–H and O–H groups in total. The van der Waals surface area contributed by atoms with Crippen LogP contribution in [0.2, 0.25) is 0 Å². The zero-order valence-corrected chi connectivity index (χ0v) is 3.40. The summed E-state index contributed by atoms with van der Waals surface area (Å²) in [5.41, 5.74) is 0. The van der Waals surface area contributed by atoms with E-state index in [2.05, 4.69) is 0 Å². The number of hydrogen-bond acceptors (Lipinski definition) is 1. The molecule has 0 unspecified atom stereocenters. The van der Waals surface area contributed by atoms with E-state index in [1.807, 2.05) is 6.92 Å². The molecule has 6 heavy (non-hydrogen) atoms. The van der Waals surface area contributed by atoms with Crippen LogP contribution in [0.3, 0.4) is 0 Å². The number of carbonyl (C=O) groups is 1. The molecule has 1 nitrogen and oxygen atoms in total. The third-order valence-corrected chi connectivity index (χ3v) is 0.407. The first-order chi connectivity index (χ1) is 2.41. The molecule has 0 atom stereocenters. The second kappa shape index (κ2) is 8.96. The van der Waals surface area contributed by atoms with Crippen LogP contribution in [-0.4, -0.2) is 23.9 Å². The summed E-state index contributed by atoms with van der Waals surface area (Å²) in [7, 11) is 0. The zero-order valence-electron chi connectivity index (χ0n) is 3.40. The maximum atomic E-state index is 9.40. The molecular weight excluding hydrogens is 137 g/mol. The number of carbonyl (C=O) groups excluding carboxylic acids is 1. The Kier molecular flexibility index (Phi) is 14.2. The Morgan fingerprint density at radius 1 is 1.67 bits per heavy atom. The van der Waals surface area contributed by atoms with E-state index in [0.29, 0.717) is 6.42 Å². The van der Waals surface area contributed by atoms with Crippen molar-refractivity contribution in [1.82, 2.24) is 0 Å². The molecule has 0 fully saturated rings. The van der Waals surface area contributed by atoms with Crippen molar-refractivity contribution in [2.45, 2.75) is 19.8 Å². The second-order valence-corrected chi connectivity index (χ2v) is 0.955. The van der Waals surface area contributed by atoms with Gasteiger partial charge < -0.3 is 4.79 Å². The first kappa shape index (κ1) is 9.51. The summed E-state index contributed by atoms with van der Waals surface area (Å²) in [6, 6.07) is 0. The van der Waals surface area contributed by atoms with Gasteiger partial charge in [-0.1, -0.05) is 6.92 Å². The van der Waals surface area contributed by atoms with E-state index in [-0.39, 0.29) is 17.6 Å². The molecule has 0 bridgehead atoms. The zero-order chi connectivity index (χ0) is 4.12. The number of aldehydes is 1. The fourth-order valence-electron chi connectivity index (χ4n) is 0.118. The van der Waals surface area contributed by atoms with Crippen LogP contribution in [-0.2, 0) is 4.79 Å². The van der Waals surface area contributed by atoms with Crippen LogP contribution in [0.15, 0.2) is 0 Å². The van der Waals surface area contributed by atoms with Crippen molar-refractivity contribution < 1.29 is 4.79 Å². The van der Waals surface area contributed by atoms with Gasteiger partial charge in [0.05, 0.1) is 0 Å². The van der Waals surface area contributed by atoms with Gasteiger partial charge in [-0.15, -0.1) is 0 Å². The molecule has 0 heterocycles. The van der Waals surface area contributed by atoms with Crippen molar-refractivity contribution in [3.05, 3.63) is 0 Å². The predicted molar refractivity (Wildman–Crippen MR) is 32.3 cm³/mol. The van der Waals surface area contributed by atoms with Gasteiger partial charge >= 0.3 is 17.6 Å². The first-order valence-electron chi connectivity index (χ1n) is 1.85. The molecule has 0 aliphatic rings. The van der Waals surface area contributed by atoms with Crippen LogP contribution in [0.4, 0.5) is 0 Å². The van der Waals surface area contributed by atoms with E-state index < -0.39 is 0 Å². The summed E-state index contributed by atoms with van der Waals surface area (Å²) in [4.78, 5) is 9.40. The molecule has 0 spiro atoms. The normalized spacial score (nSPS) is 6.17. The molecular formula is C4H12GeO. The van der Waals surface area contributed by atoms with Crippen LogP contribution in [0.5, 0.6) is 0 Å². The Balaban J connectivity index is 0. The van der Waals surface area contributed by atoms with Gasteiger partial charge in [-0.05, 0) is 6.42 Å². The molecule has 0 aliphatic carbocycles. The Morgan fingerprint density at radius 3 is 2.17 bits per heavy atom. The molecule has 0 aromatic rings. The third-order valence-electron chi connectivity index (χ3n) is 0.407. The number of rotatable bonds is 2. The third kappa shape index (κ3) is 8.88. The van der Waals surface area contributed by atoms with Gasteiger partial charge in [-0.2, -0.15) is 0 Å². The quantitative estimate of drug-likeness (QED) is 0.383. The van der Waals surface area contributed by atoms with Gasteiger partial charge in [0.15, 0.2) is 0 Å². The summed E-state index contributed by atoms with van der Waals surface area (Å²) < 4.78 is 0. The van der Waals surface area contributed by atoms with Gasteiger partial charge in [0.25, 0.3) is 0 Å². The van der Waals surface area contributed by atoms with Crippen molar-refractivity contribution in [3.63, 3.8) is 0 Å². The molecule has 0 radical (unpaired) electrons. The monoisotopic (exact) mass is 150 g/mol. The van der Waals surface area contributed by atoms with Gasteiger partial charge in [0.1, 0.15) is 6.29 Å². The molecule has 0 aromatic heterocycles. The van der Waals surface area contributed by atoms with E-state index in [1.54, 1.807) is 0 Å². The standard InChI is InChI=1S/C4H8O.GeH4/c1-2-3-4-5;/h4H,2-3H2,1H3;1H4. The molecule has 0 rings (SSSR count). The SMILES string of the molecule is CCCC=O.[GeH4]. The Bertz CT molecular complexity index is 28.7. The van der Waals surface area contributed by atoms with Crippen molar-refractivity contribution in [3.8, 4) is 0 Å². The van der Waals surface area contributed by atoms with Gasteiger partial charge in [0.2, 0.25) is 0 Å². The Labute approximate surface area is 49.1 Å². The van der Waals surface area contributed by atoms with Gasteiger partial charge in [-0.3, -0.25) is 0 Å². The molecule has 0 saturated carbocycles.